The molecule has 128 valence electrons. The maximum Gasteiger partial charge on any atom is 0.303 e. The Bertz CT molecular complexity index is 390. The summed E-state index contributed by atoms with van der Waals surface area (Å²) in [5, 5.41) is 0. The van der Waals surface area contributed by atoms with Gasteiger partial charge in [0, 0.05) is 26.7 Å². The molecule has 0 aromatic carbocycles. The van der Waals surface area contributed by atoms with E-state index < -0.39 is 50.4 Å². The molecule has 22 heavy (non-hydrogen) atoms. The highest BCUT2D eigenvalue weighted by Crippen LogP contribution is 2.37. The molecule has 11 heteroatoms. The quantitative estimate of drug-likeness (QED) is 0.466. The van der Waals surface area contributed by atoms with Crippen LogP contribution in [0.15, 0.2) is 0 Å². The number of ether oxygens (including phenoxy) is 2. The number of esters is 2. The van der Waals surface area contributed by atoms with Gasteiger partial charge in [0.25, 0.3) is 0 Å². The van der Waals surface area contributed by atoms with Gasteiger partial charge in [0.05, 0.1) is 0 Å². The first kappa shape index (κ1) is 22.4. The van der Waals surface area contributed by atoms with Crippen molar-refractivity contribution in [1.29, 1.82) is 0 Å². The number of carbonyl (C=O) groups excluding carboxylic acids is 3. The molecule has 0 saturated heterocycles. The van der Waals surface area contributed by atoms with Gasteiger partial charge in [-0.05, 0) is 0 Å². The number of hydrogen-bond donors (Lipinski definition) is 0. The molecule has 5 nitrogen and oxygen atoms in total. The van der Waals surface area contributed by atoms with Gasteiger partial charge in [-0.2, -0.15) is 0 Å². The molecule has 0 aliphatic heterocycles. The Hall–Kier alpha value is 0.350. The third-order valence-corrected chi connectivity index (χ3v) is 3.63. The Morgan fingerprint density at radius 2 is 1.05 bits per heavy atom. The van der Waals surface area contributed by atoms with Crippen molar-refractivity contribution in [1.82, 2.24) is 0 Å². The van der Waals surface area contributed by atoms with Crippen LogP contribution < -0.4 is 0 Å². The van der Waals surface area contributed by atoms with Gasteiger partial charge in [0.2, 0.25) is 7.59 Å². The first-order chi connectivity index (χ1) is 9.73. The molecule has 2 atom stereocenters. The number of hydrogen-bond acceptors (Lipinski definition) is 5. The summed E-state index contributed by atoms with van der Waals surface area (Å²) in [5.74, 6) is -2.06. The summed E-state index contributed by atoms with van der Waals surface area (Å²) in [6, 6.07) is 0. The highest BCUT2D eigenvalue weighted by Gasteiger charge is 2.41. The normalized spacial score (nSPS) is 14.9. The van der Waals surface area contributed by atoms with Gasteiger partial charge in [0.15, 0.2) is 12.2 Å². The monoisotopic (exact) mass is 434 g/mol. The number of rotatable bonds is 6. The fraction of sp³-hybridized carbons (Fsp3) is 0.727. The topological polar surface area (TPSA) is 69.7 Å². The molecule has 0 radical (unpaired) electrons. The van der Waals surface area contributed by atoms with Crippen molar-refractivity contribution in [2.75, 3.05) is 0 Å². The Morgan fingerprint density at radius 3 is 1.23 bits per heavy atom. The highest BCUT2D eigenvalue weighted by molar-refractivity contribution is 6.68. The third-order valence-electron chi connectivity index (χ3n) is 2.17. The molecule has 0 aromatic heterocycles. The summed E-state index contributed by atoms with van der Waals surface area (Å²) in [5.41, 5.74) is 0. The molecule has 0 saturated carbocycles. The SMILES string of the molecule is CC(=O)O[C@@H](CC(=O)C[C@@H](OC(C)=O)C(Cl)(Cl)Cl)C(Cl)(Cl)Cl. The Morgan fingerprint density at radius 1 is 0.773 bits per heavy atom. The number of alkyl halides is 6. The Kier molecular flexibility index (Phi) is 9.14. The van der Waals surface area contributed by atoms with Crippen LogP contribution in [0.4, 0.5) is 0 Å². The molecule has 0 heterocycles. The van der Waals surface area contributed by atoms with Crippen LogP contribution in [-0.4, -0.2) is 37.5 Å². The zero-order valence-corrected chi connectivity index (χ0v) is 15.9. The summed E-state index contributed by atoms with van der Waals surface area (Å²) in [6.07, 6.45) is -3.55. The highest BCUT2D eigenvalue weighted by atomic mass is 35.6. The summed E-state index contributed by atoms with van der Waals surface area (Å²) in [4.78, 5) is 33.9. The largest absolute Gasteiger partial charge is 0.458 e. The van der Waals surface area contributed by atoms with E-state index in [0.29, 0.717) is 0 Å². The zero-order chi connectivity index (χ0) is 17.7. The van der Waals surface area contributed by atoms with E-state index in [4.69, 9.17) is 79.1 Å². The van der Waals surface area contributed by atoms with Gasteiger partial charge in [0.1, 0.15) is 5.78 Å². The van der Waals surface area contributed by atoms with Gasteiger partial charge in [-0.1, -0.05) is 69.6 Å². The minimum Gasteiger partial charge on any atom is -0.458 e. The van der Waals surface area contributed by atoms with E-state index in [1.807, 2.05) is 0 Å². The summed E-state index contributed by atoms with van der Waals surface area (Å²) >= 11 is 33.8. The van der Waals surface area contributed by atoms with E-state index in [1.165, 1.54) is 0 Å². The third kappa shape index (κ3) is 9.48. The molecule has 0 spiro atoms. The van der Waals surface area contributed by atoms with E-state index in [9.17, 15) is 14.4 Å². The lowest BCUT2D eigenvalue weighted by atomic mass is 10.1. The maximum absolute atomic E-state index is 12.0. The van der Waals surface area contributed by atoms with Crippen molar-refractivity contribution in [3.8, 4) is 0 Å². The van der Waals surface area contributed by atoms with Gasteiger partial charge in [-0.3, -0.25) is 14.4 Å². The lowest BCUT2D eigenvalue weighted by Crippen LogP contribution is -2.37. The van der Waals surface area contributed by atoms with Crippen LogP contribution >= 0.6 is 69.6 Å². The van der Waals surface area contributed by atoms with Crippen LogP contribution in [0.3, 0.4) is 0 Å². The molecule has 0 fully saturated rings. The Labute approximate surface area is 157 Å². The summed E-state index contributed by atoms with van der Waals surface area (Å²) < 4.78 is 5.51. The van der Waals surface area contributed by atoms with E-state index >= 15 is 0 Å². The second-order valence-electron chi connectivity index (χ2n) is 4.23. The van der Waals surface area contributed by atoms with Gasteiger partial charge >= 0.3 is 11.9 Å². The van der Waals surface area contributed by atoms with E-state index in [0.717, 1.165) is 13.8 Å². The molecule has 0 aliphatic carbocycles. The smallest absolute Gasteiger partial charge is 0.303 e. The molecule has 0 bridgehead atoms. The second-order valence-corrected chi connectivity index (χ2v) is 8.96. The fourth-order valence-electron chi connectivity index (χ4n) is 1.35. The molecule has 0 rings (SSSR count). The predicted octanol–water partition coefficient (Wildman–Crippen LogP) is 3.94. The van der Waals surface area contributed by atoms with Crippen LogP contribution in [-0.2, 0) is 23.9 Å². The standard InChI is InChI=1S/C11H12Cl6O5/c1-5(18)21-8(10(12,13)14)3-7(20)4-9(11(15,16)17)22-6(2)19/h8-9H,3-4H2,1-2H3/t8-,9+. The number of Topliss-reactive ketones (excluding diaryl/α,β-unsaturated/α-hetero) is 1. The first-order valence-corrected chi connectivity index (χ1v) is 7.99. The summed E-state index contributed by atoms with van der Waals surface area (Å²) in [6.45, 7) is 2.19. The predicted molar refractivity (Wildman–Crippen MR) is 85.9 cm³/mol. The van der Waals surface area contributed by atoms with Crippen molar-refractivity contribution >= 4 is 87.3 Å². The first-order valence-electron chi connectivity index (χ1n) is 5.73. The van der Waals surface area contributed by atoms with Crippen molar-refractivity contribution in [3.05, 3.63) is 0 Å². The lowest BCUT2D eigenvalue weighted by Gasteiger charge is -2.26. The van der Waals surface area contributed by atoms with E-state index in [-0.39, 0.29) is 0 Å². The van der Waals surface area contributed by atoms with Gasteiger partial charge in [-0.25, -0.2) is 0 Å². The van der Waals surface area contributed by atoms with Gasteiger partial charge in [-0.15, -0.1) is 0 Å². The minimum absolute atomic E-state index is 0.450. The van der Waals surface area contributed by atoms with Crippen LogP contribution in [0.2, 0.25) is 0 Å². The molecule has 0 N–H and O–H groups in total. The zero-order valence-electron chi connectivity index (χ0n) is 11.4. The van der Waals surface area contributed by atoms with Gasteiger partial charge < -0.3 is 9.47 Å². The summed E-state index contributed by atoms with van der Waals surface area (Å²) in [7, 11) is 0. The number of ketones is 1. The van der Waals surface area contributed by atoms with Crippen LogP contribution in [0.5, 0.6) is 0 Å². The fourth-order valence-corrected chi connectivity index (χ4v) is 2.08. The molecular formula is C11H12Cl6O5. The van der Waals surface area contributed by atoms with E-state index in [2.05, 4.69) is 0 Å². The molecule has 0 aromatic rings. The molecule has 0 amide bonds. The average molecular weight is 437 g/mol. The lowest BCUT2D eigenvalue weighted by molar-refractivity contribution is -0.148. The Balaban J connectivity index is 4.92. The van der Waals surface area contributed by atoms with Crippen molar-refractivity contribution < 1.29 is 23.9 Å². The number of halogens is 6. The maximum atomic E-state index is 12.0. The molecule has 0 unspecified atom stereocenters. The van der Waals surface area contributed by atoms with E-state index in [1.54, 1.807) is 0 Å². The minimum atomic E-state index is -2.02. The number of carbonyl (C=O) groups is 3. The van der Waals surface area contributed by atoms with Crippen LogP contribution in [0.1, 0.15) is 26.7 Å². The second kappa shape index (κ2) is 9.00. The molecule has 0 aliphatic rings. The van der Waals surface area contributed by atoms with Crippen molar-refractivity contribution in [2.45, 2.75) is 46.5 Å². The molecular weight excluding hydrogens is 425 g/mol. The average Bonchev–Trinajstić information content (AvgIpc) is 2.23. The van der Waals surface area contributed by atoms with Crippen molar-refractivity contribution in [2.24, 2.45) is 0 Å². The van der Waals surface area contributed by atoms with Crippen LogP contribution in [0, 0.1) is 0 Å². The van der Waals surface area contributed by atoms with Crippen LogP contribution in [0.25, 0.3) is 0 Å². The van der Waals surface area contributed by atoms with Crippen molar-refractivity contribution in [3.63, 3.8) is 0 Å².